The lowest BCUT2D eigenvalue weighted by atomic mass is 9.84. The number of piperidine rings is 1. The Labute approximate surface area is 187 Å². The average molecular weight is 434 g/mol. The van der Waals surface area contributed by atoms with E-state index in [-0.39, 0.29) is 18.4 Å². The third-order valence-electron chi connectivity index (χ3n) is 6.89. The van der Waals surface area contributed by atoms with E-state index in [1.165, 1.54) is 5.56 Å². The largest absolute Gasteiger partial charge is 0.493 e. The molecule has 2 saturated heterocycles. The van der Waals surface area contributed by atoms with E-state index in [9.17, 15) is 14.4 Å². The molecule has 0 aromatic heterocycles. The number of carbonyl (C=O) groups excluding carboxylic acids is 3. The van der Waals surface area contributed by atoms with E-state index in [1.807, 2.05) is 18.2 Å². The quantitative estimate of drug-likeness (QED) is 0.752. The van der Waals surface area contributed by atoms with Gasteiger partial charge in [-0.25, -0.2) is 4.79 Å². The predicted octanol–water partition coefficient (Wildman–Crippen LogP) is 2.70. The Morgan fingerprint density at radius 2 is 1.75 bits per heavy atom. The molecule has 7 heteroatoms. The summed E-state index contributed by atoms with van der Waals surface area (Å²) in [5, 5.41) is 2.85. The lowest BCUT2D eigenvalue weighted by molar-refractivity contribution is -0.140. The van der Waals surface area contributed by atoms with E-state index in [4.69, 9.17) is 4.74 Å². The number of amides is 4. The normalized spacial score (nSPS) is 23.1. The van der Waals surface area contributed by atoms with Gasteiger partial charge in [-0.2, -0.15) is 0 Å². The van der Waals surface area contributed by atoms with Crippen molar-refractivity contribution in [2.75, 3.05) is 26.2 Å². The van der Waals surface area contributed by atoms with Crippen molar-refractivity contribution in [2.24, 2.45) is 5.92 Å². The third kappa shape index (κ3) is 3.61. The molecule has 1 atom stereocenters. The summed E-state index contributed by atoms with van der Waals surface area (Å²) >= 11 is 0. The van der Waals surface area contributed by atoms with Crippen LogP contribution in [0.5, 0.6) is 5.75 Å². The molecule has 4 amide bonds. The lowest BCUT2D eigenvalue weighted by Gasteiger charge is -2.34. The smallest absolute Gasteiger partial charge is 0.325 e. The Morgan fingerprint density at radius 1 is 1.03 bits per heavy atom. The number of para-hydroxylation sites is 1. The molecule has 0 unspecified atom stereocenters. The van der Waals surface area contributed by atoms with Gasteiger partial charge in [0.2, 0.25) is 5.91 Å². The van der Waals surface area contributed by atoms with Crippen LogP contribution >= 0.6 is 0 Å². The van der Waals surface area contributed by atoms with Gasteiger partial charge in [-0.3, -0.25) is 14.5 Å². The number of urea groups is 1. The number of rotatable bonds is 4. The van der Waals surface area contributed by atoms with E-state index in [0.717, 1.165) is 24.2 Å². The van der Waals surface area contributed by atoms with Crippen molar-refractivity contribution in [1.29, 1.82) is 0 Å². The van der Waals surface area contributed by atoms with Crippen molar-refractivity contribution in [1.82, 2.24) is 15.1 Å². The standard InChI is InChI=1S/C25H27N3O4/c29-22(27-13-10-19(11-14-27)16-18-6-2-1-3-7-18)17-28-23(30)25(26-24(28)31)12-15-32-21-9-5-4-8-20(21)25/h1-9,19H,10-17H2,(H,26,31)/t25-/m0/s1. The molecule has 1 N–H and O–H groups in total. The van der Waals surface area contributed by atoms with Crippen molar-refractivity contribution in [2.45, 2.75) is 31.2 Å². The van der Waals surface area contributed by atoms with Gasteiger partial charge in [0.05, 0.1) is 6.61 Å². The fourth-order valence-corrected chi connectivity index (χ4v) is 5.08. The first kappa shape index (κ1) is 20.5. The SMILES string of the molecule is O=C(CN1C(=O)N[C@]2(CCOc3ccccc32)C1=O)N1CCC(Cc2ccccc2)CC1. The fraction of sp³-hybridized carbons (Fsp3) is 0.400. The highest BCUT2D eigenvalue weighted by Crippen LogP contribution is 2.41. The molecule has 166 valence electrons. The molecule has 3 aliphatic rings. The second kappa shape index (κ2) is 8.30. The van der Waals surface area contributed by atoms with E-state index < -0.39 is 11.6 Å². The predicted molar refractivity (Wildman–Crippen MR) is 118 cm³/mol. The molecule has 5 rings (SSSR count). The lowest BCUT2D eigenvalue weighted by Crippen LogP contribution is -2.49. The maximum absolute atomic E-state index is 13.3. The first-order valence-electron chi connectivity index (χ1n) is 11.2. The number of ether oxygens (including phenoxy) is 1. The fourth-order valence-electron chi connectivity index (χ4n) is 5.08. The number of imide groups is 1. The summed E-state index contributed by atoms with van der Waals surface area (Å²) in [5.41, 5.74) is 0.828. The second-order valence-corrected chi connectivity index (χ2v) is 8.84. The molecule has 0 radical (unpaired) electrons. The summed E-state index contributed by atoms with van der Waals surface area (Å²) in [6.07, 6.45) is 3.22. The maximum Gasteiger partial charge on any atom is 0.325 e. The molecule has 2 aromatic rings. The van der Waals surface area contributed by atoms with Crippen LogP contribution in [0.4, 0.5) is 4.79 Å². The van der Waals surface area contributed by atoms with Gasteiger partial charge >= 0.3 is 6.03 Å². The zero-order valence-electron chi connectivity index (χ0n) is 18.0. The van der Waals surface area contributed by atoms with E-state index in [0.29, 0.717) is 43.3 Å². The molecule has 0 bridgehead atoms. The average Bonchev–Trinajstić information content (AvgIpc) is 3.05. The van der Waals surface area contributed by atoms with Crippen LogP contribution in [0.2, 0.25) is 0 Å². The monoisotopic (exact) mass is 433 g/mol. The molecule has 2 fully saturated rings. The van der Waals surface area contributed by atoms with Crippen molar-refractivity contribution in [3.63, 3.8) is 0 Å². The molecule has 2 aromatic carbocycles. The first-order valence-corrected chi connectivity index (χ1v) is 11.2. The zero-order chi connectivity index (χ0) is 22.1. The van der Waals surface area contributed by atoms with Gasteiger partial charge in [-0.05, 0) is 36.8 Å². The van der Waals surface area contributed by atoms with Crippen LogP contribution in [0.25, 0.3) is 0 Å². The maximum atomic E-state index is 13.3. The molecular weight excluding hydrogens is 406 g/mol. The Hall–Kier alpha value is -3.35. The van der Waals surface area contributed by atoms with Crippen LogP contribution in [0.15, 0.2) is 54.6 Å². The summed E-state index contributed by atoms with van der Waals surface area (Å²) in [6, 6.07) is 17.1. The third-order valence-corrected chi connectivity index (χ3v) is 6.89. The second-order valence-electron chi connectivity index (χ2n) is 8.84. The Kier molecular flexibility index (Phi) is 5.33. The number of carbonyl (C=O) groups is 3. The Balaban J connectivity index is 1.22. The highest BCUT2D eigenvalue weighted by Gasteiger charge is 2.55. The zero-order valence-corrected chi connectivity index (χ0v) is 18.0. The number of benzene rings is 2. The van der Waals surface area contributed by atoms with E-state index in [2.05, 4.69) is 29.6 Å². The number of nitrogens with zero attached hydrogens (tertiary/aromatic N) is 2. The van der Waals surface area contributed by atoms with Gasteiger partial charge in [0.25, 0.3) is 5.91 Å². The first-order chi connectivity index (χ1) is 15.6. The molecule has 0 aliphatic carbocycles. The van der Waals surface area contributed by atoms with E-state index >= 15 is 0 Å². The number of likely N-dealkylation sites (tertiary alicyclic amines) is 1. The van der Waals surface area contributed by atoms with Crippen LogP contribution in [0.3, 0.4) is 0 Å². The van der Waals surface area contributed by atoms with Gasteiger partial charge < -0.3 is 15.0 Å². The number of hydrogen-bond donors (Lipinski definition) is 1. The van der Waals surface area contributed by atoms with Crippen LogP contribution in [-0.4, -0.2) is 53.9 Å². The molecular formula is C25H27N3O4. The summed E-state index contributed by atoms with van der Waals surface area (Å²) in [4.78, 5) is 41.9. The Bertz CT molecular complexity index is 1030. The van der Waals surface area contributed by atoms with Gasteiger partial charge in [0.15, 0.2) is 5.54 Å². The van der Waals surface area contributed by atoms with Gasteiger partial charge in [0, 0.05) is 25.1 Å². The van der Waals surface area contributed by atoms with Crippen molar-refractivity contribution in [3.8, 4) is 5.75 Å². The summed E-state index contributed by atoms with van der Waals surface area (Å²) in [6.45, 7) is 1.42. The molecule has 3 heterocycles. The van der Waals surface area contributed by atoms with Crippen LogP contribution in [-0.2, 0) is 21.5 Å². The minimum atomic E-state index is -1.14. The Morgan fingerprint density at radius 3 is 2.53 bits per heavy atom. The summed E-state index contributed by atoms with van der Waals surface area (Å²) in [5.74, 6) is 0.593. The molecule has 1 spiro atoms. The number of hydrogen-bond acceptors (Lipinski definition) is 4. The highest BCUT2D eigenvalue weighted by molar-refractivity contribution is 6.09. The van der Waals surface area contributed by atoms with Gasteiger partial charge in [0.1, 0.15) is 12.3 Å². The minimum Gasteiger partial charge on any atom is -0.493 e. The van der Waals surface area contributed by atoms with Crippen LogP contribution in [0.1, 0.15) is 30.4 Å². The molecule has 32 heavy (non-hydrogen) atoms. The number of nitrogens with one attached hydrogen (secondary N) is 1. The van der Waals surface area contributed by atoms with Crippen LogP contribution < -0.4 is 10.1 Å². The summed E-state index contributed by atoms with van der Waals surface area (Å²) in [7, 11) is 0. The van der Waals surface area contributed by atoms with Crippen molar-refractivity contribution >= 4 is 17.8 Å². The summed E-state index contributed by atoms with van der Waals surface area (Å²) < 4.78 is 5.66. The van der Waals surface area contributed by atoms with Crippen molar-refractivity contribution in [3.05, 3.63) is 65.7 Å². The minimum absolute atomic E-state index is 0.177. The van der Waals surface area contributed by atoms with E-state index in [1.54, 1.807) is 17.0 Å². The van der Waals surface area contributed by atoms with Gasteiger partial charge in [-0.1, -0.05) is 48.5 Å². The molecule has 3 aliphatic heterocycles. The van der Waals surface area contributed by atoms with Gasteiger partial charge in [-0.15, -0.1) is 0 Å². The van der Waals surface area contributed by atoms with Crippen LogP contribution in [0, 0.1) is 5.92 Å². The highest BCUT2D eigenvalue weighted by atomic mass is 16.5. The van der Waals surface area contributed by atoms with Crippen molar-refractivity contribution < 1.29 is 19.1 Å². The topological polar surface area (TPSA) is 79.0 Å². The number of fused-ring (bicyclic) bond motifs is 2. The molecule has 7 nitrogen and oxygen atoms in total. The molecule has 0 saturated carbocycles.